The summed E-state index contributed by atoms with van der Waals surface area (Å²) < 4.78 is 5.34. The van der Waals surface area contributed by atoms with Gasteiger partial charge >= 0.3 is 11.9 Å². The molecule has 1 saturated heterocycles. The fraction of sp³-hybridized carbons (Fsp3) is 0.429. The van der Waals surface area contributed by atoms with E-state index in [-0.39, 0.29) is 0 Å². The number of nitrogens with zero attached hydrogens (tertiary/aromatic N) is 1. The van der Waals surface area contributed by atoms with Crippen molar-refractivity contribution >= 4 is 11.9 Å². The van der Waals surface area contributed by atoms with Gasteiger partial charge in [-0.1, -0.05) is 18.2 Å². The van der Waals surface area contributed by atoms with Crippen LogP contribution in [0, 0.1) is 0 Å². The number of hydrogen-bond acceptors (Lipinski definition) is 5. The van der Waals surface area contributed by atoms with Crippen molar-refractivity contribution in [1.82, 2.24) is 10.2 Å². The second-order valence-corrected chi connectivity index (χ2v) is 4.45. The summed E-state index contributed by atoms with van der Waals surface area (Å²) in [5, 5.41) is 18.1. The summed E-state index contributed by atoms with van der Waals surface area (Å²) in [6.07, 6.45) is 0. The smallest absolute Gasteiger partial charge is 0.414 e. The van der Waals surface area contributed by atoms with E-state index in [4.69, 9.17) is 24.5 Å². The lowest BCUT2D eigenvalue weighted by atomic mass is 10.2. The molecule has 0 amide bonds. The zero-order chi connectivity index (χ0) is 15.7. The van der Waals surface area contributed by atoms with Crippen LogP contribution >= 0.6 is 0 Å². The summed E-state index contributed by atoms with van der Waals surface area (Å²) >= 11 is 0. The first kappa shape index (κ1) is 16.9. The average Bonchev–Trinajstić information content (AvgIpc) is 2.49. The van der Waals surface area contributed by atoms with Crippen LogP contribution in [0.15, 0.2) is 24.3 Å². The van der Waals surface area contributed by atoms with Gasteiger partial charge in [0.15, 0.2) is 0 Å². The predicted octanol–water partition coefficient (Wildman–Crippen LogP) is 0.256. The molecular weight excluding hydrogens is 276 g/mol. The van der Waals surface area contributed by atoms with Gasteiger partial charge in [0, 0.05) is 38.3 Å². The second-order valence-electron chi connectivity index (χ2n) is 4.45. The van der Waals surface area contributed by atoms with Crippen LogP contribution in [0.2, 0.25) is 0 Å². The number of benzene rings is 1. The molecule has 0 aliphatic carbocycles. The van der Waals surface area contributed by atoms with Gasteiger partial charge in [0.1, 0.15) is 5.75 Å². The van der Waals surface area contributed by atoms with Crippen molar-refractivity contribution in [3.63, 3.8) is 0 Å². The number of carboxylic acids is 2. The van der Waals surface area contributed by atoms with Gasteiger partial charge < -0.3 is 20.3 Å². The van der Waals surface area contributed by atoms with Crippen LogP contribution in [0.4, 0.5) is 0 Å². The van der Waals surface area contributed by atoms with Crippen LogP contribution in [0.25, 0.3) is 0 Å². The zero-order valence-electron chi connectivity index (χ0n) is 11.9. The highest BCUT2D eigenvalue weighted by Gasteiger charge is 2.11. The predicted molar refractivity (Wildman–Crippen MR) is 76.4 cm³/mol. The van der Waals surface area contributed by atoms with Gasteiger partial charge in [-0.2, -0.15) is 0 Å². The third kappa shape index (κ3) is 6.24. The van der Waals surface area contributed by atoms with Gasteiger partial charge in [-0.15, -0.1) is 0 Å². The topological polar surface area (TPSA) is 99.1 Å². The van der Waals surface area contributed by atoms with Crippen molar-refractivity contribution in [1.29, 1.82) is 0 Å². The molecule has 2 rings (SSSR count). The Morgan fingerprint density at radius 3 is 2.29 bits per heavy atom. The Hall–Kier alpha value is -2.12. The molecule has 1 fully saturated rings. The Labute approximate surface area is 123 Å². The Bertz CT molecular complexity index is 460. The molecule has 1 heterocycles. The number of carbonyl (C=O) groups is 2. The molecule has 0 aromatic heterocycles. The number of rotatable bonds is 3. The van der Waals surface area contributed by atoms with E-state index in [9.17, 15) is 0 Å². The second kappa shape index (κ2) is 8.93. The maximum absolute atomic E-state index is 9.10. The van der Waals surface area contributed by atoms with Crippen LogP contribution in [0.1, 0.15) is 5.56 Å². The molecular formula is C14H20N2O5. The summed E-state index contributed by atoms with van der Waals surface area (Å²) in [7, 11) is 1.73. The van der Waals surface area contributed by atoms with Crippen LogP contribution in [-0.2, 0) is 16.1 Å². The van der Waals surface area contributed by atoms with Crippen molar-refractivity contribution < 1.29 is 24.5 Å². The molecule has 1 aromatic rings. The van der Waals surface area contributed by atoms with E-state index in [1.165, 1.54) is 5.56 Å². The Morgan fingerprint density at radius 2 is 1.76 bits per heavy atom. The quantitative estimate of drug-likeness (QED) is 0.688. The Morgan fingerprint density at radius 1 is 1.19 bits per heavy atom. The minimum Gasteiger partial charge on any atom is -0.496 e. The number of methoxy groups -OCH3 is 1. The fourth-order valence-corrected chi connectivity index (χ4v) is 1.94. The van der Waals surface area contributed by atoms with Crippen molar-refractivity contribution in [3.05, 3.63) is 29.8 Å². The molecule has 1 aromatic carbocycles. The number of para-hydroxylation sites is 1. The van der Waals surface area contributed by atoms with Gasteiger partial charge in [-0.25, -0.2) is 9.59 Å². The molecule has 116 valence electrons. The van der Waals surface area contributed by atoms with Crippen LogP contribution in [-0.4, -0.2) is 60.3 Å². The number of hydrogen-bond donors (Lipinski definition) is 3. The van der Waals surface area contributed by atoms with Gasteiger partial charge in [-0.05, 0) is 6.07 Å². The number of carboxylic acid groups (broad SMARTS) is 2. The van der Waals surface area contributed by atoms with Crippen molar-refractivity contribution in [2.24, 2.45) is 0 Å². The highest BCUT2D eigenvalue weighted by atomic mass is 16.5. The molecule has 3 N–H and O–H groups in total. The Balaban J connectivity index is 0.000000315. The van der Waals surface area contributed by atoms with Gasteiger partial charge in [0.25, 0.3) is 0 Å². The molecule has 21 heavy (non-hydrogen) atoms. The molecule has 0 radical (unpaired) electrons. The zero-order valence-corrected chi connectivity index (χ0v) is 11.9. The van der Waals surface area contributed by atoms with E-state index in [2.05, 4.69) is 22.3 Å². The molecule has 0 saturated carbocycles. The molecule has 0 bridgehead atoms. The third-order valence-corrected chi connectivity index (χ3v) is 2.98. The van der Waals surface area contributed by atoms with Crippen molar-refractivity contribution in [2.75, 3.05) is 33.3 Å². The number of aliphatic carboxylic acids is 2. The summed E-state index contributed by atoms with van der Waals surface area (Å²) in [6.45, 7) is 5.42. The van der Waals surface area contributed by atoms with Gasteiger partial charge in [0.05, 0.1) is 7.11 Å². The van der Waals surface area contributed by atoms with E-state index in [0.29, 0.717) is 0 Å². The first-order valence-electron chi connectivity index (χ1n) is 6.55. The summed E-state index contributed by atoms with van der Waals surface area (Å²) in [4.78, 5) is 20.7. The largest absolute Gasteiger partial charge is 0.496 e. The SMILES string of the molecule is COc1ccccc1CN1CCNCC1.O=C(O)C(=O)O. The minimum atomic E-state index is -1.82. The van der Waals surface area contributed by atoms with E-state index in [0.717, 1.165) is 38.5 Å². The third-order valence-electron chi connectivity index (χ3n) is 2.98. The number of piperazine rings is 1. The van der Waals surface area contributed by atoms with Gasteiger partial charge in [-0.3, -0.25) is 4.90 Å². The maximum Gasteiger partial charge on any atom is 0.414 e. The monoisotopic (exact) mass is 296 g/mol. The Kier molecular flexibility index (Phi) is 7.20. The lowest BCUT2D eigenvalue weighted by Gasteiger charge is -2.27. The van der Waals surface area contributed by atoms with Gasteiger partial charge in [0.2, 0.25) is 0 Å². The summed E-state index contributed by atoms with van der Waals surface area (Å²) in [5.41, 5.74) is 1.28. The number of nitrogens with one attached hydrogen (secondary N) is 1. The highest BCUT2D eigenvalue weighted by Crippen LogP contribution is 2.19. The van der Waals surface area contributed by atoms with E-state index >= 15 is 0 Å². The minimum absolute atomic E-state index is 0.992. The lowest BCUT2D eigenvalue weighted by Crippen LogP contribution is -2.42. The summed E-state index contributed by atoms with van der Waals surface area (Å²) in [5.74, 6) is -2.65. The fourth-order valence-electron chi connectivity index (χ4n) is 1.94. The van der Waals surface area contributed by atoms with Crippen molar-refractivity contribution in [2.45, 2.75) is 6.54 Å². The molecule has 0 spiro atoms. The standard InChI is InChI=1S/C12H18N2O.C2H2O4/c1-15-12-5-3-2-4-11(12)10-14-8-6-13-7-9-14;3-1(4)2(5)6/h2-5,13H,6-10H2,1H3;(H,3,4)(H,5,6). The average molecular weight is 296 g/mol. The van der Waals surface area contributed by atoms with Crippen LogP contribution in [0.5, 0.6) is 5.75 Å². The summed E-state index contributed by atoms with van der Waals surface area (Å²) in [6, 6.07) is 8.25. The van der Waals surface area contributed by atoms with E-state index in [1.54, 1.807) is 7.11 Å². The lowest BCUT2D eigenvalue weighted by molar-refractivity contribution is -0.159. The number of ether oxygens (including phenoxy) is 1. The van der Waals surface area contributed by atoms with Crippen molar-refractivity contribution in [3.8, 4) is 5.75 Å². The molecule has 7 nitrogen and oxygen atoms in total. The van der Waals surface area contributed by atoms with E-state index in [1.807, 2.05) is 12.1 Å². The van der Waals surface area contributed by atoms with E-state index < -0.39 is 11.9 Å². The highest BCUT2D eigenvalue weighted by molar-refractivity contribution is 6.27. The molecule has 0 atom stereocenters. The molecule has 1 aliphatic heterocycles. The van der Waals surface area contributed by atoms with Crippen LogP contribution in [0.3, 0.4) is 0 Å². The normalized spacial score (nSPS) is 14.7. The molecule has 1 aliphatic rings. The maximum atomic E-state index is 9.10. The molecule has 0 unspecified atom stereocenters. The molecule has 7 heteroatoms. The first-order valence-corrected chi connectivity index (χ1v) is 6.55. The van der Waals surface area contributed by atoms with Crippen LogP contribution < -0.4 is 10.1 Å². The first-order chi connectivity index (χ1) is 10.0.